The van der Waals surface area contributed by atoms with Gasteiger partial charge in [0.1, 0.15) is 29.7 Å². The van der Waals surface area contributed by atoms with Crippen molar-refractivity contribution in [3.05, 3.63) is 58.9 Å². The molecule has 1 aliphatic rings. The number of carbonyl (C=O) groups is 1. The van der Waals surface area contributed by atoms with Crippen molar-refractivity contribution in [3.8, 4) is 22.1 Å². The summed E-state index contributed by atoms with van der Waals surface area (Å²) in [4.78, 5) is 17.7. The van der Waals surface area contributed by atoms with E-state index in [-0.39, 0.29) is 17.4 Å². The van der Waals surface area contributed by atoms with Crippen molar-refractivity contribution >= 4 is 22.9 Å². The standard InChI is InChI=1S/C19H15FN2O3S/c1-11-17(22-19(26-11)13-4-2-3-5-14(13)20)18(23)21-12-6-7-15-16(10-12)25-9-8-24-15/h2-7,10H,8-9H2,1H3,(H,21,23). The van der Waals surface area contributed by atoms with Crippen LogP contribution < -0.4 is 14.8 Å². The fourth-order valence-corrected chi connectivity index (χ4v) is 3.61. The van der Waals surface area contributed by atoms with Crippen molar-refractivity contribution in [1.29, 1.82) is 0 Å². The molecule has 0 saturated carbocycles. The van der Waals surface area contributed by atoms with Gasteiger partial charge in [-0.3, -0.25) is 4.79 Å². The van der Waals surface area contributed by atoms with Crippen LogP contribution in [0.2, 0.25) is 0 Å². The van der Waals surface area contributed by atoms with Crippen LogP contribution in [0.15, 0.2) is 42.5 Å². The van der Waals surface area contributed by atoms with Crippen LogP contribution in [0, 0.1) is 12.7 Å². The lowest BCUT2D eigenvalue weighted by Gasteiger charge is -2.18. The largest absolute Gasteiger partial charge is 0.486 e. The Hall–Kier alpha value is -2.93. The molecule has 2 heterocycles. The maximum absolute atomic E-state index is 14.0. The Morgan fingerprint density at radius 2 is 1.92 bits per heavy atom. The molecule has 0 unspecified atom stereocenters. The second-order valence-electron chi connectivity index (χ2n) is 5.72. The van der Waals surface area contributed by atoms with Gasteiger partial charge in [-0.25, -0.2) is 9.37 Å². The molecule has 0 aliphatic carbocycles. The predicted octanol–water partition coefficient (Wildman–Crippen LogP) is 4.28. The minimum Gasteiger partial charge on any atom is -0.486 e. The molecule has 1 N–H and O–H groups in total. The third-order valence-electron chi connectivity index (χ3n) is 3.92. The molecule has 3 aromatic rings. The number of ether oxygens (including phenoxy) is 2. The van der Waals surface area contributed by atoms with Crippen molar-refractivity contribution in [2.24, 2.45) is 0 Å². The van der Waals surface area contributed by atoms with E-state index in [1.165, 1.54) is 17.4 Å². The molecule has 0 saturated heterocycles. The first-order chi connectivity index (χ1) is 12.6. The smallest absolute Gasteiger partial charge is 0.275 e. The first-order valence-electron chi connectivity index (χ1n) is 8.05. The topological polar surface area (TPSA) is 60.5 Å². The van der Waals surface area contributed by atoms with Crippen LogP contribution in [0.25, 0.3) is 10.6 Å². The lowest BCUT2D eigenvalue weighted by atomic mass is 10.2. The monoisotopic (exact) mass is 370 g/mol. The van der Waals surface area contributed by atoms with E-state index in [0.29, 0.717) is 41.0 Å². The van der Waals surface area contributed by atoms with Crippen LogP contribution >= 0.6 is 11.3 Å². The summed E-state index contributed by atoms with van der Waals surface area (Å²) in [7, 11) is 0. The van der Waals surface area contributed by atoms with Gasteiger partial charge < -0.3 is 14.8 Å². The number of nitrogens with zero attached hydrogens (tertiary/aromatic N) is 1. The molecule has 1 aromatic heterocycles. The summed E-state index contributed by atoms with van der Waals surface area (Å²) in [5.74, 6) is 0.537. The maximum atomic E-state index is 14.0. The molecule has 0 spiro atoms. The third kappa shape index (κ3) is 3.13. The molecule has 7 heteroatoms. The maximum Gasteiger partial charge on any atom is 0.275 e. The Balaban J connectivity index is 1.58. The molecule has 2 aromatic carbocycles. The number of rotatable bonds is 3. The zero-order valence-electron chi connectivity index (χ0n) is 13.9. The van der Waals surface area contributed by atoms with E-state index >= 15 is 0 Å². The summed E-state index contributed by atoms with van der Waals surface area (Å²) < 4.78 is 25.0. The second kappa shape index (κ2) is 6.76. The minimum absolute atomic E-state index is 0.281. The number of aryl methyl sites for hydroxylation is 1. The molecular weight excluding hydrogens is 355 g/mol. The molecular formula is C19H15FN2O3S. The highest BCUT2D eigenvalue weighted by molar-refractivity contribution is 7.15. The number of aromatic nitrogens is 1. The van der Waals surface area contributed by atoms with Gasteiger partial charge in [0, 0.05) is 22.2 Å². The molecule has 5 nitrogen and oxygen atoms in total. The van der Waals surface area contributed by atoms with Crippen LogP contribution in [-0.4, -0.2) is 24.1 Å². The number of hydrogen-bond acceptors (Lipinski definition) is 5. The number of fused-ring (bicyclic) bond motifs is 1. The van der Waals surface area contributed by atoms with Gasteiger partial charge in [0.2, 0.25) is 0 Å². The van der Waals surface area contributed by atoms with Crippen molar-refractivity contribution < 1.29 is 18.7 Å². The highest BCUT2D eigenvalue weighted by atomic mass is 32.1. The van der Waals surface area contributed by atoms with Gasteiger partial charge in [-0.1, -0.05) is 12.1 Å². The lowest BCUT2D eigenvalue weighted by Crippen LogP contribution is -2.17. The Morgan fingerprint density at radius 3 is 2.73 bits per heavy atom. The first-order valence-corrected chi connectivity index (χ1v) is 8.87. The van der Waals surface area contributed by atoms with Crippen molar-refractivity contribution in [2.75, 3.05) is 18.5 Å². The van der Waals surface area contributed by atoms with Crippen LogP contribution in [-0.2, 0) is 0 Å². The summed E-state index contributed by atoms with van der Waals surface area (Å²) in [5.41, 5.74) is 1.25. The Kier molecular flexibility index (Phi) is 4.30. The fourth-order valence-electron chi connectivity index (χ4n) is 2.67. The fraction of sp³-hybridized carbons (Fsp3) is 0.158. The molecule has 0 fully saturated rings. The van der Waals surface area contributed by atoms with Crippen molar-refractivity contribution in [1.82, 2.24) is 4.98 Å². The second-order valence-corrected chi connectivity index (χ2v) is 6.92. The number of amides is 1. The normalized spacial score (nSPS) is 12.7. The predicted molar refractivity (Wildman–Crippen MR) is 97.6 cm³/mol. The number of anilines is 1. The van der Waals surface area contributed by atoms with Crippen molar-refractivity contribution in [3.63, 3.8) is 0 Å². The molecule has 4 rings (SSSR count). The van der Waals surface area contributed by atoms with Gasteiger partial charge in [-0.15, -0.1) is 11.3 Å². The number of benzene rings is 2. The van der Waals surface area contributed by atoms with E-state index in [2.05, 4.69) is 10.3 Å². The molecule has 132 valence electrons. The zero-order valence-corrected chi connectivity index (χ0v) is 14.7. The molecule has 0 radical (unpaired) electrons. The number of thiazole rings is 1. The quantitative estimate of drug-likeness (QED) is 0.748. The summed E-state index contributed by atoms with van der Waals surface area (Å²) in [6.07, 6.45) is 0. The average molecular weight is 370 g/mol. The Labute approximate surface area is 153 Å². The lowest BCUT2D eigenvalue weighted by molar-refractivity contribution is 0.102. The van der Waals surface area contributed by atoms with Gasteiger partial charge in [0.05, 0.1) is 0 Å². The van der Waals surface area contributed by atoms with Crippen LogP contribution in [0.3, 0.4) is 0 Å². The molecule has 0 bridgehead atoms. The zero-order chi connectivity index (χ0) is 18.1. The SMILES string of the molecule is Cc1sc(-c2ccccc2F)nc1C(=O)Nc1ccc2c(c1)OCCO2. The average Bonchev–Trinajstić information content (AvgIpc) is 3.03. The third-order valence-corrected chi connectivity index (χ3v) is 4.92. The van der Waals surface area contributed by atoms with Crippen LogP contribution in [0.5, 0.6) is 11.5 Å². The van der Waals surface area contributed by atoms with Gasteiger partial charge in [0.15, 0.2) is 11.5 Å². The van der Waals surface area contributed by atoms with E-state index in [1.54, 1.807) is 43.3 Å². The van der Waals surface area contributed by atoms with Gasteiger partial charge >= 0.3 is 0 Å². The molecule has 1 amide bonds. The van der Waals surface area contributed by atoms with E-state index in [4.69, 9.17) is 9.47 Å². The van der Waals surface area contributed by atoms with E-state index in [0.717, 1.165) is 4.88 Å². The van der Waals surface area contributed by atoms with Crippen LogP contribution in [0.4, 0.5) is 10.1 Å². The van der Waals surface area contributed by atoms with Gasteiger partial charge in [0.25, 0.3) is 5.91 Å². The molecule has 1 aliphatic heterocycles. The number of hydrogen-bond donors (Lipinski definition) is 1. The van der Waals surface area contributed by atoms with Crippen molar-refractivity contribution in [2.45, 2.75) is 6.92 Å². The summed E-state index contributed by atoms with van der Waals surface area (Å²) in [6.45, 7) is 2.78. The van der Waals surface area contributed by atoms with E-state index in [9.17, 15) is 9.18 Å². The summed E-state index contributed by atoms with van der Waals surface area (Å²) in [5, 5.41) is 3.28. The minimum atomic E-state index is -0.361. The molecule has 0 atom stereocenters. The van der Waals surface area contributed by atoms with Gasteiger partial charge in [-0.05, 0) is 31.2 Å². The highest BCUT2D eigenvalue weighted by Gasteiger charge is 2.19. The van der Waals surface area contributed by atoms with Crippen LogP contribution in [0.1, 0.15) is 15.4 Å². The summed E-state index contributed by atoms with van der Waals surface area (Å²) >= 11 is 1.29. The summed E-state index contributed by atoms with van der Waals surface area (Å²) in [6, 6.07) is 11.6. The number of halogens is 1. The van der Waals surface area contributed by atoms with Gasteiger partial charge in [-0.2, -0.15) is 0 Å². The number of nitrogens with one attached hydrogen (secondary N) is 1. The number of carbonyl (C=O) groups excluding carboxylic acids is 1. The van der Waals surface area contributed by atoms with E-state index in [1.807, 2.05) is 0 Å². The molecule has 26 heavy (non-hydrogen) atoms. The highest BCUT2D eigenvalue weighted by Crippen LogP contribution is 2.33. The Morgan fingerprint density at radius 1 is 1.15 bits per heavy atom. The first kappa shape index (κ1) is 16.5. The Bertz CT molecular complexity index is 987. The van der Waals surface area contributed by atoms with E-state index < -0.39 is 0 Å².